The largest absolute Gasteiger partial charge is 0.393 e. The molecule has 12 heavy (non-hydrogen) atoms. The Balaban J connectivity index is 2.16. The quantitative estimate of drug-likeness (QED) is 0.672. The van der Waals surface area contributed by atoms with Crippen molar-refractivity contribution in [3.63, 3.8) is 0 Å². The van der Waals surface area contributed by atoms with Crippen LogP contribution in [0.25, 0.3) is 0 Å². The van der Waals surface area contributed by atoms with Crippen LogP contribution in [-0.2, 0) is 4.74 Å². The first-order valence-corrected chi connectivity index (χ1v) is 4.10. The molecule has 1 unspecified atom stereocenters. The smallest absolute Gasteiger partial charge is 0.120 e. The van der Waals surface area contributed by atoms with Gasteiger partial charge in [-0.05, 0) is 12.5 Å². The van der Waals surface area contributed by atoms with Crippen LogP contribution in [-0.4, -0.2) is 17.3 Å². The predicted octanol–water partition coefficient (Wildman–Crippen LogP) is 1.51. The molecule has 1 heterocycles. The normalized spacial score (nSPS) is 33.3. The molecule has 0 amide bonds. The molecule has 1 aromatic carbocycles. The van der Waals surface area contributed by atoms with Crippen LogP contribution in [0, 0.1) is 0 Å². The van der Waals surface area contributed by atoms with Gasteiger partial charge in [0.2, 0.25) is 0 Å². The fraction of sp³-hybridized carbons (Fsp3) is 0.400. The summed E-state index contributed by atoms with van der Waals surface area (Å²) in [5.74, 6) is 0. The van der Waals surface area contributed by atoms with Crippen molar-refractivity contribution in [1.82, 2.24) is 0 Å². The summed E-state index contributed by atoms with van der Waals surface area (Å²) in [6, 6.07) is 9.98. The average molecular weight is 164 g/mol. The molecule has 64 valence electrons. The van der Waals surface area contributed by atoms with Crippen molar-refractivity contribution >= 4 is 0 Å². The molecule has 0 radical (unpaired) electrons. The first kappa shape index (κ1) is 7.77. The Hall–Kier alpha value is -0.860. The molecule has 0 saturated carbocycles. The second-order valence-electron chi connectivity index (χ2n) is 3.38. The van der Waals surface area contributed by atoms with Crippen molar-refractivity contribution in [3.8, 4) is 0 Å². The van der Waals surface area contributed by atoms with E-state index in [1.54, 1.807) is 0 Å². The number of aliphatic hydroxyl groups is 1. The highest BCUT2D eigenvalue weighted by molar-refractivity contribution is 5.25. The summed E-state index contributed by atoms with van der Waals surface area (Å²) in [6.45, 7) is 2.01. The molecule has 0 aromatic heterocycles. The summed E-state index contributed by atoms with van der Waals surface area (Å²) < 4.78 is 5.39. The SMILES string of the molecule is C[C@@]1(CO)OC1c1ccccc1. The Morgan fingerprint density at radius 2 is 2.08 bits per heavy atom. The minimum Gasteiger partial charge on any atom is -0.393 e. The van der Waals surface area contributed by atoms with Gasteiger partial charge >= 0.3 is 0 Å². The molecule has 1 aliphatic heterocycles. The van der Waals surface area contributed by atoms with Crippen LogP contribution in [0.5, 0.6) is 0 Å². The van der Waals surface area contributed by atoms with Gasteiger partial charge in [-0.3, -0.25) is 0 Å². The van der Waals surface area contributed by atoms with Crippen molar-refractivity contribution in [3.05, 3.63) is 35.9 Å². The van der Waals surface area contributed by atoms with E-state index in [-0.39, 0.29) is 18.3 Å². The summed E-state index contributed by atoms with van der Waals surface area (Å²) in [6.07, 6.45) is 0.0868. The van der Waals surface area contributed by atoms with Crippen molar-refractivity contribution in [1.29, 1.82) is 0 Å². The maximum atomic E-state index is 8.97. The van der Waals surface area contributed by atoms with Gasteiger partial charge in [0.1, 0.15) is 11.7 Å². The van der Waals surface area contributed by atoms with Crippen LogP contribution < -0.4 is 0 Å². The summed E-state index contributed by atoms with van der Waals surface area (Å²) in [7, 11) is 0. The Bertz CT molecular complexity index is 270. The van der Waals surface area contributed by atoms with Gasteiger partial charge in [0.15, 0.2) is 0 Å². The van der Waals surface area contributed by atoms with E-state index in [4.69, 9.17) is 9.84 Å². The van der Waals surface area contributed by atoms with E-state index in [9.17, 15) is 0 Å². The molecular formula is C10H12O2. The van der Waals surface area contributed by atoms with E-state index in [2.05, 4.69) is 0 Å². The fourth-order valence-electron chi connectivity index (χ4n) is 1.40. The maximum absolute atomic E-state index is 8.97. The number of aliphatic hydroxyl groups excluding tert-OH is 1. The molecule has 2 atom stereocenters. The van der Waals surface area contributed by atoms with Crippen LogP contribution in [0.1, 0.15) is 18.6 Å². The average Bonchev–Trinajstić information content (AvgIpc) is 2.81. The second-order valence-corrected chi connectivity index (χ2v) is 3.38. The molecule has 2 heteroatoms. The predicted molar refractivity (Wildman–Crippen MR) is 45.8 cm³/mol. The van der Waals surface area contributed by atoms with E-state index in [0.717, 1.165) is 5.56 Å². The zero-order valence-corrected chi connectivity index (χ0v) is 7.03. The molecule has 1 fully saturated rings. The Kier molecular flexibility index (Phi) is 1.67. The summed E-state index contributed by atoms with van der Waals surface area (Å²) >= 11 is 0. The van der Waals surface area contributed by atoms with Gasteiger partial charge in [0.05, 0.1) is 6.61 Å². The lowest BCUT2D eigenvalue weighted by molar-refractivity contribution is 0.184. The summed E-state index contributed by atoms with van der Waals surface area (Å²) in [4.78, 5) is 0. The minimum atomic E-state index is -0.332. The Morgan fingerprint density at radius 1 is 1.42 bits per heavy atom. The molecule has 1 aliphatic rings. The zero-order valence-electron chi connectivity index (χ0n) is 7.03. The second kappa shape index (κ2) is 2.57. The summed E-state index contributed by atoms with van der Waals surface area (Å²) in [5.41, 5.74) is 0.815. The third-order valence-electron chi connectivity index (χ3n) is 2.30. The third kappa shape index (κ3) is 1.13. The van der Waals surface area contributed by atoms with Crippen molar-refractivity contribution < 1.29 is 9.84 Å². The molecule has 1 aromatic rings. The molecule has 0 spiro atoms. The minimum absolute atomic E-state index is 0.0868. The van der Waals surface area contributed by atoms with Gasteiger partial charge in [-0.25, -0.2) is 0 Å². The zero-order chi connectivity index (χ0) is 8.60. The topological polar surface area (TPSA) is 32.8 Å². The summed E-state index contributed by atoms with van der Waals surface area (Å²) in [5, 5.41) is 8.97. The number of ether oxygens (including phenoxy) is 1. The standard InChI is InChI=1S/C10H12O2/c1-10(7-11)9(12-10)8-5-3-2-4-6-8/h2-6,9,11H,7H2,1H3/t9?,10-/m0/s1. The molecule has 0 bridgehead atoms. The number of epoxide rings is 1. The van der Waals surface area contributed by atoms with E-state index >= 15 is 0 Å². The van der Waals surface area contributed by atoms with Crippen LogP contribution in [0.3, 0.4) is 0 Å². The lowest BCUT2D eigenvalue weighted by Crippen LogP contribution is -2.11. The van der Waals surface area contributed by atoms with Gasteiger partial charge in [-0.15, -0.1) is 0 Å². The monoisotopic (exact) mass is 164 g/mol. The Labute approximate surface area is 71.8 Å². The molecular weight excluding hydrogens is 152 g/mol. The molecule has 1 N–H and O–H groups in total. The van der Waals surface area contributed by atoms with Crippen LogP contribution in [0.2, 0.25) is 0 Å². The van der Waals surface area contributed by atoms with E-state index in [1.807, 2.05) is 37.3 Å². The van der Waals surface area contributed by atoms with Gasteiger partial charge in [-0.2, -0.15) is 0 Å². The fourth-order valence-corrected chi connectivity index (χ4v) is 1.40. The van der Waals surface area contributed by atoms with E-state index in [1.165, 1.54) is 0 Å². The number of hydrogen-bond acceptors (Lipinski definition) is 2. The Morgan fingerprint density at radius 3 is 2.58 bits per heavy atom. The van der Waals surface area contributed by atoms with Gasteiger partial charge < -0.3 is 9.84 Å². The molecule has 2 nitrogen and oxygen atoms in total. The van der Waals surface area contributed by atoms with Crippen LogP contribution >= 0.6 is 0 Å². The van der Waals surface area contributed by atoms with Crippen molar-refractivity contribution in [2.45, 2.75) is 18.6 Å². The van der Waals surface area contributed by atoms with Crippen LogP contribution in [0.4, 0.5) is 0 Å². The lowest BCUT2D eigenvalue weighted by atomic mass is 10.0. The third-order valence-corrected chi connectivity index (χ3v) is 2.30. The first-order valence-electron chi connectivity index (χ1n) is 4.10. The van der Waals surface area contributed by atoms with Gasteiger partial charge in [0.25, 0.3) is 0 Å². The van der Waals surface area contributed by atoms with E-state index < -0.39 is 0 Å². The highest BCUT2D eigenvalue weighted by Gasteiger charge is 2.52. The van der Waals surface area contributed by atoms with Gasteiger partial charge in [0, 0.05) is 0 Å². The molecule has 2 rings (SSSR count). The van der Waals surface area contributed by atoms with E-state index in [0.29, 0.717) is 0 Å². The highest BCUT2D eigenvalue weighted by atomic mass is 16.6. The number of rotatable bonds is 2. The number of hydrogen-bond donors (Lipinski definition) is 1. The molecule has 1 saturated heterocycles. The maximum Gasteiger partial charge on any atom is 0.120 e. The van der Waals surface area contributed by atoms with Crippen molar-refractivity contribution in [2.24, 2.45) is 0 Å². The van der Waals surface area contributed by atoms with Crippen molar-refractivity contribution in [2.75, 3.05) is 6.61 Å². The van der Waals surface area contributed by atoms with Gasteiger partial charge in [-0.1, -0.05) is 30.3 Å². The first-order chi connectivity index (χ1) is 5.76. The molecule has 0 aliphatic carbocycles. The lowest BCUT2D eigenvalue weighted by Gasteiger charge is -1.99. The van der Waals surface area contributed by atoms with Crippen LogP contribution in [0.15, 0.2) is 30.3 Å². The number of benzene rings is 1. The highest BCUT2D eigenvalue weighted by Crippen LogP contribution is 2.48.